The fourth-order valence-electron chi connectivity index (χ4n) is 1.81. The minimum Gasteiger partial charge on any atom is -0.461 e. The lowest BCUT2D eigenvalue weighted by Crippen LogP contribution is -2.06. The van der Waals surface area contributed by atoms with E-state index < -0.39 is 17.7 Å². The summed E-state index contributed by atoms with van der Waals surface area (Å²) in [6, 6.07) is 1.88. The van der Waals surface area contributed by atoms with Crippen molar-refractivity contribution in [3.05, 3.63) is 29.6 Å². The van der Waals surface area contributed by atoms with Crippen LogP contribution in [0.5, 0.6) is 0 Å². The van der Waals surface area contributed by atoms with Gasteiger partial charge in [0.1, 0.15) is 10.7 Å². The number of ether oxygens (including phenoxy) is 1. The number of imidazole rings is 1. The maximum Gasteiger partial charge on any atom is 0.416 e. The monoisotopic (exact) mass is 318 g/mol. The van der Waals surface area contributed by atoms with Gasteiger partial charge in [-0.25, -0.2) is 9.78 Å². The second-order valence-corrected chi connectivity index (χ2v) is 5.31. The standard InChI is InChI=1S/C13H13F3N2O2S/c1-3-20-12(19)10-11(21-4-2)18-6-5-8(13(14,15)16)7-9(18)17-10/h5-7H,3-4H2,1-2H3. The van der Waals surface area contributed by atoms with E-state index in [2.05, 4.69) is 4.98 Å². The molecule has 0 atom stereocenters. The van der Waals surface area contributed by atoms with Gasteiger partial charge in [-0.3, -0.25) is 4.40 Å². The summed E-state index contributed by atoms with van der Waals surface area (Å²) in [5, 5.41) is 0.486. The Kier molecular flexibility index (Phi) is 4.46. The maximum absolute atomic E-state index is 12.7. The third-order valence-corrected chi connectivity index (χ3v) is 3.61. The Hall–Kier alpha value is -1.70. The number of rotatable bonds is 4. The highest BCUT2D eigenvalue weighted by atomic mass is 32.2. The lowest BCUT2D eigenvalue weighted by atomic mass is 10.2. The summed E-state index contributed by atoms with van der Waals surface area (Å²) in [5.74, 6) is 0.0204. The summed E-state index contributed by atoms with van der Waals surface area (Å²) in [6.07, 6.45) is -3.18. The zero-order valence-corrected chi connectivity index (χ0v) is 12.2. The van der Waals surface area contributed by atoms with Crippen molar-refractivity contribution in [1.82, 2.24) is 9.38 Å². The Labute approximate surface area is 123 Å². The minimum absolute atomic E-state index is 0.0445. The van der Waals surface area contributed by atoms with Crippen LogP contribution in [0.3, 0.4) is 0 Å². The van der Waals surface area contributed by atoms with Gasteiger partial charge in [-0.15, -0.1) is 11.8 Å². The molecule has 0 aliphatic rings. The summed E-state index contributed by atoms with van der Waals surface area (Å²) < 4.78 is 44.5. The van der Waals surface area contributed by atoms with Crippen molar-refractivity contribution < 1.29 is 22.7 Å². The van der Waals surface area contributed by atoms with Crippen molar-refractivity contribution in [2.75, 3.05) is 12.4 Å². The molecule has 8 heteroatoms. The van der Waals surface area contributed by atoms with Gasteiger partial charge < -0.3 is 4.74 Å². The largest absolute Gasteiger partial charge is 0.461 e. The van der Waals surface area contributed by atoms with Crippen LogP contribution in [0.2, 0.25) is 0 Å². The molecule has 0 amide bonds. The molecule has 0 aromatic carbocycles. The van der Waals surface area contributed by atoms with Gasteiger partial charge in [0.2, 0.25) is 0 Å². The van der Waals surface area contributed by atoms with Gasteiger partial charge in [-0.2, -0.15) is 13.2 Å². The number of hydrogen-bond acceptors (Lipinski definition) is 4. The predicted molar refractivity (Wildman–Crippen MR) is 72.5 cm³/mol. The number of halogens is 3. The van der Waals surface area contributed by atoms with E-state index >= 15 is 0 Å². The second kappa shape index (κ2) is 5.97. The molecule has 0 fully saturated rings. The molecule has 2 aromatic heterocycles. The van der Waals surface area contributed by atoms with E-state index in [9.17, 15) is 18.0 Å². The molecule has 2 rings (SSSR count). The van der Waals surface area contributed by atoms with Crippen LogP contribution in [-0.2, 0) is 10.9 Å². The highest BCUT2D eigenvalue weighted by Crippen LogP contribution is 2.32. The first-order chi connectivity index (χ1) is 9.88. The molecule has 0 aliphatic carbocycles. The van der Waals surface area contributed by atoms with Crippen molar-refractivity contribution >= 4 is 23.4 Å². The first kappa shape index (κ1) is 15.7. The molecule has 0 aliphatic heterocycles. The summed E-state index contributed by atoms with van der Waals surface area (Å²) in [4.78, 5) is 15.8. The fraction of sp³-hybridized carbons (Fsp3) is 0.385. The molecular weight excluding hydrogens is 305 g/mol. The summed E-state index contributed by atoms with van der Waals surface area (Å²) in [7, 11) is 0. The number of esters is 1. The van der Waals surface area contributed by atoms with Crippen LogP contribution in [0, 0.1) is 0 Å². The number of alkyl halides is 3. The van der Waals surface area contributed by atoms with E-state index in [-0.39, 0.29) is 17.9 Å². The third kappa shape index (κ3) is 3.15. The zero-order chi connectivity index (χ0) is 15.6. The van der Waals surface area contributed by atoms with Gasteiger partial charge in [0, 0.05) is 6.20 Å². The van der Waals surface area contributed by atoms with E-state index in [4.69, 9.17) is 4.74 Å². The van der Waals surface area contributed by atoms with Crippen molar-refractivity contribution in [3.8, 4) is 0 Å². The quantitative estimate of drug-likeness (QED) is 0.638. The number of aromatic nitrogens is 2. The van der Waals surface area contributed by atoms with Crippen LogP contribution in [-0.4, -0.2) is 27.7 Å². The normalized spacial score (nSPS) is 11.9. The molecule has 0 spiro atoms. The SMILES string of the molecule is CCOC(=O)c1nc2cc(C(F)(F)F)ccn2c1SCC. The van der Waals surface area contributed by atoms with E-state index in [1.165, 1.54) is 22.4 Å². The molecule has 0 radical (unpaired) electrons. The molecule has 0 unspecified atom stereocenters. The zero-order valence-electron chi connectivity index (χ0n) is 11.4. The Morgan fingerprint density at radius 3 is 2.71 bits per heavy atom. The van der Waals surface area contributed by atoms with Gasteiger partial charge in [0.15, 0.2) is 5.69 Å². The molecule has 2 aromatic rings. The van der Waals surface area contributed by atoms with E-state index in [0.717, 1.165) is 12.1 Å². The molecular formula is C13H13F3N2O2S. The number of fused-ring (bicyclic) bond motifs is 1. The Balaban J connectivity index is 2.58. The lowest BCUT2D eigenvalue weighted by molar-refractivity contribution is -0.137. The van der Waals surface area contributed by atoms with E-state index in [1.54, 1.807) is 6.92 Å². The summed E-state index contributed by atoms with van der Waals surface area (Å²) in [6.45, 7) is 3.71. The van der Waals surface area contributed by atoms with Crippen LogP contribution < -0.4 is 0 Å². The van der Waals surface area contributed by atoms with Crippen molar-refractivity contribution in [2.45, 2.75) is 25.0 Å². The topological polar surface area (TPSA) is 43.6 Å². The number of pyridine rings is 1. The number of carbonyl (C=O) groups is 1. The van der Waals surface area contributed by atoms with Crippen molar-refractivity contribution in [1.29, 1.82) is 0 Å². The first-order valence-corrected chi connectivity index (χ1v) is 7.26. The van der Waals surface area contributed by atoms with Crippen molar-refractivity contribution in [3.63, 3.8) is 0 Å². The highest BCUT2D eigenvalue weighted by Gasteiger charge is 2.31. The van der Waals surface area contributed by atoms with Crippen LogP contribution in [0.25, 0.3) is 5.65 Å². The van der Waals surface area contributed by atoms with Crippen molar-refractivity contribution in [2.24, 2.45) is 0 Å². The third-order valence-electron chi connectivity index (χ3n) is 2.66. The average molecular weight is 318 g/mol. The predicted octanol–water partition coefficient (Wildman–Crippen LogP) is 3.64. The van der Waals surface area contributed by atoms with Gasteiger partial charge in [0.05, 0.1) is 12.2 Å². The second-order valence-electron chi connectivity index (χ2n) is 4.06. The number of nitrogens with zero attached hydrogens (tertiary/aromatic N) is 2. The summed E-state index contributed by atoms with van der Waals surface area (Å²) in [5.41, 5.74) is -0.685. The van der Waals surface area contributed by atoms with Crippen LogP contribution >= 0.6 is 11.8 Å². The smallest absolute Gasteiger partial charge is 0.416 e. The molecule has 0 saturated heterocycles. The number of hydrogen-bond donors (Lipinski definition) is 0. The van der Waals surface area contributed by atoms with Crippen LogP contribution in [0.4, 0.5) is 13.2 Å². The van der Waals surface area contributed by atoms with Crippen LogP contribution in [0.1, 0.15) is 29.9 Å². The molecule has 0 saturated carbocycles. The molecule has 0 N–H and O–H groups in total. The first-order valence-electron chi connectivity index (χ1n) is 6.27. The van der Waals surface area contributed by atoms with E-state index in [1.807, 2.05) is 6.92 Å². The molecule has 114 valence electrons. The minimum atomic E-state index is -4.45. The van der Waals surface area contributed by atoms with Gasteiger partial charge >= 0.3 is 12.1 Å². The Bertz CT molecular complexity index is 667. The van der Waals surface area contributed by atoms with Crippen LogP contribution in [0.15, 0.2) is 23.4 Å². The molecule has 21 heavy (non-hydrogen) atoms. The Morgan fingerprint density at radius 2 is 2.14 bits per heavy atom. The number of carbonyl (C=O) groups excluding carboxylic acids is 1. The fourth-order valence-corrected chi connectivity index (χ4v) is 2.64. The van der Waals surface area contributed by atoms with Gasteiger partial charge in [-0.1, -0.05) is 6.92 Å². The maximum atomic E-state index is 12.7. The van der Waals surface area contributed by atoms with Gasteiger partial charge in [0.25, 0.3) is 0 Å². The molecule has 0 bridgehead atoms. The van der Waals surface area contributed by atoms with E-state index in [0.29, 0.717) is 10.8 Å². The Morgan fingerprint density at radius 1 is 1.43 bits per heavy atom. The molecule has 4 nitrogen and oxygen atoms in total. The highest BCUT2D eigenvalue weighted by molar-refractivity contribution is 7.99. The lowest BCUT2D eigenvalue weighted by Gasteiger charge is -2.07. The number of thioether (sulfide) groups is 1. The van der Waals surface area contributed by atoms with Gasteiger partial charge in [-0.05, 0) is 24.8 Å². The average Bonchev–Trinajstić information content (AvgIpc) is 2.77. The molecule has 2 heterocycles. The summed E-state index contributed by atoms with van der Waals surface area (Å²) >= 11 is 1.32.